The minimum Gasteiger partial charge on any atom is -0.497 e. The first-order chi connectivity index (χ1) is 11.4. The number of benzene rings is 1. The zero-order valence-corrected chi connectivity index (χ0v) is 15.3. The van der Waals surface area contributed by atoms with Gasteiger partial charge in [0.1, 0.15) is 5.75 Å². The third kappa shape index (κ3) is 4.26. The van der Waals surface area contributed by atoms with Gasteiger partial charge in [0.05, 0.1) is 13.7 Å². The summed E-state index contributed by atoms with van der Waals surface area (Å²) >= 11 is 0. The summed E-state index contributed by atoms with van der Waals surface area (Å²) in [6, 6.07) is 9.86. The molecule has 1 aromatic carbocycles. The molecule has 0 aliphatic rings. The van der Waals surface area contributed by atoms with E-state index in [4.69, 9.17) is 4.74 Å². The summed E-state index contributed by atoms with van der Waals surface area (Å²) < 4.78 is 7.32. The minimum atomic E-state index is 0.145. The van der Waals surface area contributed by atoms with Crippen molar-refractivity contribution in [2.45, 2.75) is 34.1 Å². The van der Waals surface area contributed by atoms with E-state index < -0.39 is 0 Å². The number of carbonyl (C=O) groups is 1. The third-order valence-electron chi connectivity index (χ3n) is 4.25. The van der Waals surface area contributed by atoms with E-state index in [0.717, 1.165) is 41.4 Å². The van der Waals surface area contributed by atoms with E-state index in [9.17, 15) is 4.79 Å². The van der Waals surface area contributed by atoms with Gasteiger partial charge in [-0.25, -0.2) is 0 Å². The number of ketones is 1. The molecule has 0 aliphatic heterocycles. The van der Waals surface area contributed by atoms with Gasteiger partial charge in [0, 0.05) is 22.6 Å². The first kappa shape index (κ1) is 18.3. The van der Waals surface area contributed by atoms with E-state index in [1.54, 1.807) is 7.11 Å². The molecule has 4 heteroatoms. The highest BCUT2D eigenvalue weighted by molar-refractivity contribution is 5.99. The number of carbonyl (C=O) groups excluding carboxylic acids is 1. The minimum absolute atomic E-state index is 0.145. The normalized spacial score (nSPS) is 11.1. The molecule has 0 saturated carbocycles. The quantitative estimate of drug-likeness (QED) is 0.590. The maximum atomic E-state index is 12.5. The molecule has 130 valence electrons. The number of ether oxygens (including phenoxy) is 1. The van der Waals surface area contributed by atoms with Crippen molar-refractivity contribution >= 4 is 5.78 Å². The van der Waals surface area contributed by atoms with Crippen LogP contribution in [0.4, 0.5) is 0 Å². The van der Waals surface area contributed by atoms with Crippen molar-refractivity contribution in [2.24, 2.45) is 5.92 Å². The van der Waals surface area contributed by atoms with Crippen molar-refractivity contribution < 1.29 is 9.53 Å². The molecule has 0 bridgehead atoms. The van der Waals surface area contributed by atoms with E-state index in [-0.39, 0.29) is 5.78 Å². The van der Waals surface area contributed by atoms with Gasteiger partial charge in [-0.1, -0.05) is 13.8 Å². The fourth-order valence-corrected chi connectivity index (χ4v) is 2.86. The number of methoxy groups -OCH3 is 1. The van der Waals surface area contributed by atoms with E-state index in [1.807, 2.05) is 44.2 Å². The Bertz CT molecular complexity index is 684. The maximum Gasteiger partial charge on any atom is 0.178 e. The topological polar surface area (TPSA) is 43.3 Å². The Hall–Kier alpha value is -2.07. The molecule has 0 spiro atoms. The van der Waals surface area contributed by atoms with Crippen molar-refractivity contribution in [2.75, 3.05) is 20.2 Å². The number of nitrogens with zero attached hydrogens (tertiary/aromatic N) is 1. The van der Waals surface area contributed by atoms with Crippen LogP contribution in [-0.2, 0) is 0 Å². The first-order valence-corrected chi connectivity index (χ1v) is 8.51. The van der Waals surface area contributed by atoms with Crippen LogP contribution in [0.25, 0.3) is 5.69 Å². The fraction of sp³-hybridized carbons (Fsp3) is 0.450. The number of aromatic nitrogens is 1. The second-order valence-electron chi connectivity index (χ2n) is 6.60. The Labute approximate surface area is 144 Å². The Morgan fingerprint density at radius 2 is 1.88 bits per heavy atom. The largest absolute Gasteiger partial charge is 0.497 e. The van der Waals surface area contributed by atoms with Crippen molar-refractivity contribution in [1.82, 2.24) is 9.88 Å². The van der Waals surface area contributed by atoms with E-state index >= 15 is 0 Å². The van der Waals surface area contributed by atoms with E-state index in [2.05, 4.69) is 23.7 Å². The maximum absolute atomic E-state index is 12.5. The number of hydrogen-bond donors (Lipinski definition) is 1. The molecule has 0 atom stereocenters. The van der Waals surface area contributed by atoms with Gasteiger partial charge in [-0.2, -0.15) is 0 Å². The molecule has 0 amide bonds. The molecule has 2 rings (SSSR count). The van der Waals surface area contributed by atoms with Crippen LogP contribution in [0.5, 0.6) is 5.75 Å². The van der Waals surface area contributed by atoms with Crippen LogP contribution < -0.4 is 10.1 Å². The molecule has 0 saturated heterocycles. The average molecular weight is 328 g/mol. The summed E-state index contributed by atoms with van der Waals surface area (Å²) in [5.74, 6) is 1.62. The molecule has 4 nitrogen and oxygen atoms in total. The summed E-state index contributed by atoms with van der Waals surface area (Å²) in [5, 5.41) is 3.25. The second-order valence-corrected chi connectivity index (χ2v) is 6.60. The van der Waals surface area contributed by atoms with Crippen molar-refractivity contribution in [3.8, 4) is 11.4 Å². The van der Waals surface area contributed by atoms with Crippen LogP contribution in [-0.4, -0.2) is 30.5 Å². The Morgan fingerprint density at radius 1 is 1.21 bits per heavy atom. The number of nitrogens with one attached hydrogen (secondary N) is 1. The monoisotopic (exact) mass is 328 g/mol. The molecule has 1 N–H and O–H groups in total. The summed E-state index contributed by atoms with van der Waals surface area (Å²) in [4.78, 5) is 12.5. The first-order valence-electron chi connectivity index (χ1n) is 8.51. The van der Waals surface area contributed by atoms with E-state index in [0.29, 0.717) is 12.5 Å². The second kappa shape index (κ2) is 8.15. The highest BCUT2D eigenvalue weighted by Crippen LogP contribution is 2.23. The molecule has 24 heavy (non-hydrogen) atoms. The van der Waals surface area contributed by atoms with Gasteiger partial charge >= 0.3 is 0 Å². The Kier molecular flexibility index (Phi) is 6.21. The van der Waals surface area contributed by atoms with Gasteiger partial charge in [-0.15, -0.1) is 0 Å². The lowest BCUT2D eigenvalue weighted by Gasteiger charge is -2.11. The zero-order chi connectivity index (χ0) is 17.7. The summed E-state index contributed by atoms with van der Waals surface area (Å²) in [5.41, 5.74) is 3.87. The van der Waals surface area contributed by atoms with Crippen LogP contribution in [0, 0.1) is 19.8 Å². The molecular formula is C20H28N2O2. The van der Waals surface area contributed by atoms with Crippen molar-refractivity contribution in [1.29, 1.82) is 0 Å². The van der Waals surface area contributed by atoms with Gasteiger partial charge in [0.25, 0.3) is 0 Å². The lowest BCUT2D eigenvalue weighted by molar-refractivity contribution is 0.0990. The average Bonchev–Trinajstić information content (AvgIpc) is 2.86. The number of Topliss-reactive ketones (excluding diaryl/α,β-unsaturated/α-hetero) is 1. The standard InChI is InChI=1S/C20H28N2O2/c1-14(2)10-11-21-13-20(23)19-12-15(3)22(16(19)4)17-6-8-18(24-5)9-7-17/h6-9,12,14,21H,10-11,13H2,1-5H3. The molecule has 1 heterocycles. The summed E-state index contributed by atoms with van der Waals surface area (Å²) in [6.45, 7) is 9.66. The summed E-state index contributed by atoms with van der Waals surface area (Å²) in [7, 11) is 1.66. The fourth-order valence-electron chi connectivity index (χ4n) is 2.86. The molecule has 2 aromatic rings. The third-order valence-corrected chi connectivity index (χ3v) is 4.25. The number of hydrogen-bond acceptors (Lipinski definition) is 3. The molecule has 0 unspecified atom stereocenters. The van der Waals surface area contributed by atoms with Crippen LogP contribution in [0.1, 0.15) is 42.0 Å². The van der Waals surface area contributed by atoms with Crippen molar-refractivity contribution in [3.63, 3.8) is 0 Å². The van der Waals surface area contributed by atoms with Crippen LogP contribution in [0.15, 0.2) is 30.3 Å². The SMILES string of the molecule is COc1ccc(-n2c(C)cc(C(=O)CNCCC(C)C)c2C)cc1. The number of rotatable bonds is 8. The van der Waals surface area contributed by atoms with Gasteiger partial charge in [0.2, 0.25) is 0 Å². The zero-order valence-electron chi connectivity index (χ0n) is 15.3. The molecule has 1 aromatic heterocycles. The molecule has 0 fully saturated rings. The van der Waals surface area contributed by atoms with Crippen molar-refractivity contribution in [3.05, 3.63) is 47.3 Å². The van der Waals surface area contributed by atoms with Crippen LogP contribution in [0.3, 0.4) is 0 Å². The Balaban J connectivity index is 2.14. The van der Waals surface area contributed by atoms with E-state index in [1.165, 1.54) is 0 Å². The van der Waals surface area contributed by atoms with Crippen LogP contribution in [0.2, 0.25) is 0 Å². The summed E-state index contributed by atoms with van der Waals surface area (Å²) in [6.07, 6.45) is 1.08. The smallest absolute Gasteiger partial charge is 0.178 e. The van der Waals surface area contributed by atoms with Gasteiger partial charge in [-0.3, -0.25) is 4.79 Å². The van der Waals surface area contributed by atoms with Gasteiger partial charge < -0.3 is 14.6 Å². The van der Waals surface area contributed by atoms with Crippen LogP contribution >= 0.6 is 0 Å². The Morgan fingerprint density at radius 3 is 2.46 bits per heavy atom. The van der Waals surface area contributed by atoms with Gasteiger partial charge in [0.15, 0.2) is 5.78 Å². The van der Waals surface area contributed by atoms with Gasteiger partial charge in [-0.05, 0) is 63.1 Å². The predicted molar refractivity (Wildman–Crippen MR) is 98.5 cm³/mol. The highest BCUT2D eigenvalue weighted by atomic mass is 16.5. The molecule has 0 aliphatic carbocycles. The number of aryl methyl sites for hydroxylation is 1. The molecular weight excluding hydrogens is 300 g/mol. The molecule has 0 radical (unpaired) electrons. The lowest BCUT2D eigenvalue weighted by atomic mass is 10.1. The lowest BCUT2D eigenvalue weighted by Crippen LogP contribution is -2.25. The predicted octanol–water partition coefficient (Wildman–Crippen LogP) is 3.92. The highest BCUT2D eigenvalue weighted by Gasteiger charge is 2.16.